The molecule has 0 atom stereocenters. The van der Waals surface area contributed by atoms with E-state index in [1.807, 2.05) is 24.7 Å². The first-order valence-corrected chi connectivity index (χ1v) is 6.06. The maximum absolute atomic E-state index is 5.99. The van der Waals surface area contributed by atoms with Gasteiger partial charge in [0, 0.05) is 12.4 Å². The number of hydrogen-bond acceptors (Lipinski definition) is 4. The van der Waals surface area contributed by atoms with Crippen LogP contribution in [-0.2, 0) is 6.54 Å². The van der Waals surface area contributed by atoms with Crippen molar-refractivity contribution in [2.75, 3.05) is 17.7 Å². The average molecular weight is 233 g/mol. The van der Waals surface area contributed by atoms with Crippen molar-refractivity contribution in [2.45, 2.75) is 13.5 Å². The minimum Gasteiger partial charge on any atom is -0.397 e. The van der Waals surface area contributed by atoms with Crippen LogP contribution in [-0.4, -0.2) is 12.0 Å². The van der Waals surface area contributed by atoms with Crippen LogP contribution in [0, 0.1) is 6.92 Å². The fraction of sp³-hybridized carbons (Fsp3) is 0.250. The summed E-state index contributed by atoms with van der Waals surface area (Å²) in [7, 11) is 2.04. The van der Waals surface area contributed by atoms with Crippen molar-refractivity contribution >= 4 is 22.7 Å². The number of benzene rings is 1. The van der Waals surface area contributed by atoms with E-state index >= 15 is 0 Å². The third kappa shape index (κ3) is 2.17. The summed E-state index contributed by atoms with van der Waals surface area (Å²) in [5.41, 5.74) is 12.0. The molecule has 0 saturated heterocycles. The molecule has 4 heteroatoms. The van der Waals surface area contributed by atoms with E-state index in [1.54, 1.807) is 11.3 Å². The van der Waals surface area contributed by atoms with Crippen molar-refractivity contribution in [1.82, 2.24) is 4.98 Å². The van der Waals surface area contributed by atoms with E-state index < -0.39 is 0 Å². The zero-order valence-electron chi connectivity index (χ0n) is 9.47. The van der Waals surface area contributed by atoms with Gasteiger partial charge in [-0.2, -0.15) is 0 Å². The number of anilines is 2. The lowest BCUT2D eigenvalue weighted by molar-refractivity contribution is 0.892. The topological polar surface area (TPSA) is 42.1 Å². The van der Waals surface area contributed by atoms with E-state index in [9.17, 15) is 0 Å². The second-order valence-electron chi connectivity index (χ2n) is 3.85. The zero-order valence-corrected chi connectivity index (χ0v) is 10.3. The van der Waals surface area contributed by atoms with Crippen LogP contribution in [0.2, 0.25) is 0 Å². The number of nitrogens with zero attached hydrogens (tertiary/aromatic N) is 2. The molecular weight excluding hydrogens is 218 g/mol. The maximum atomic E-state index is 5.99. The van der Waals surface area contributed by atoms with Crippen molar-refractivity contribution in [3.63, 3.8) is 0 Å². The molecule has 16 heavy (non-hydrogen) atoms. The van der Waals surface area contributed by atoms with Gasteiger partial charge >= 0.3 is 0 Å². The standard InChI is InChI=1S/C12H15N3S/c1-9-4-3-5-11(13)12(9)15(2)6-10-7-16-8-14-10/h3-5,7-8H,6,13H2,1-2H3. The third-order valence-electron chi connectivity index (χ3n) is 2.53. The van der Waals surface area contributed by atoms with Gasteiger partial charge in [-0.25, -0.2) is 4.98 Å². The number of rotatable bonds is 3. The molecule has 1 heterocycles. The zero-order chi connectivity index (χ0) is 11.5. The molecule has 0 aliphatic heterocycles. The first kappa shape index (κ1) is 11.0. The predicted octanol–water partition coefficient (Wildman–Crippen LogP) is 2.67. The van der Waals surface area contributed by atoms with Crippen molar-refractivity contribution in [2.24, 2.45) is 0 Å². The van der Waals surface area contributed by atoms with Gasteiger partial charge in [-0.15, -0.1) is 11.3 Å². The molecule has 0 unspecified atom stereocenters. The first-order valence-electron chi connectivity index (χ1n) is 5.12. The summed E-state index contributed by atoms with van der Waals surface area (Å²) in [5.74, 6) is 0. The van der Waals surface area contributed by atoms with E-state index in [4.69, 9.17) is 5.73 Å². The van der Waals surface area contributed by atoms with E-state index in [1.165, 1.54) is 5.56 Å². The van der Waals surface area contributed by atoms with Crippen LogP contribution in [0.25, 0.3) is 0 Å². The first-order chi connectivity index (χ1) is 7.68. The van der Waals surface area contributed by atoms with Gasteiger partial charge in [0.2, 0.25) is 0 Å². The number of nitrogens with two attached hydrogens (primary N) is 1. The Balaban J connectivity index is 2.24. The lowest BCUT2D eigenvalue weighted by Crippen LogP contribution is -2.19. The van der Waals surface area contributed by atoms with Gasteiger partial charge in [0.25, 0.3) is 0 Å². The number of nitrogen functional groups attached to an aromatic ring is 1. The third-order valence-corrected chi connectivity index (χ3v) is 3.17. The van der Waals surface area contributed by atoms with Crippen molar-refractivity contribution in [3.05, 3.63) is 40.3 Å². The van der Waals surface area contributed by atoms with E-state index in [0.717, 1.165) is 23.6 Å². The van der Waals surface area contributed by atoms with Gasteiger partial charge in [0.05, 0.1) is 29.1 Å². The van der Waals surface area contributed by atoms with Crippen molar-refractivity contribution in [1.29, 1.82) is 0 Å². The summed E-state index contributed by atoms with van der Waals surface area (Å²) < 4.78 is 0. The highest BCUT2D eigenvalue weighted by Gasteiger charge is 2.09. The van der Waals surface area contributed by atoms with E-state index in [2.05, 4.69) is 28.3 Å². The Morgan fingerprint density at radius 1 is 1.44 bits per heavy atom. The highest BCUT2D eigenvalue weighted by molar-refractivity contribution is 7.07. The second-order valence-corrected chi connectivity index (χ2v) is 4.57. The normalized spacial score (nSPS) is 10.4. The lowest BCUT2D eigenvalue weighted by atomic mass is 10.1. The molecule has 0 aliphatic rings. The van der Waals surface area contributed by atoms with Crippen LogP contribution < -0.4 is 10.6 Å². The molecule has 2 N–H and O–H groups in total. The fourth-order valence-electron chi connectivity index (χ4n) is 1.84. The SMILES string of the molecule is Cc1cccc(N)c1N(C)Cc1cscn1. The van der Waals surface area contributed by atoms with Crippen LogP contribution in [0.15, 0.2) is 29.1 Å². The van der Waals surface area contributed by atoms with E-state index in [-0.39, 0.29) is 0 Å². The molecule has 0 bridgehead atoms. The van der Waals surface area contributed by atoms with Crippen LogP contribution >= 0.6 is 11.3 Å². The Morgan fingerprint density at radius 2 is 2.25 bits per heavy atom. The average Bonchev–Trinajstić information content (AvgIpc) is 2.70. The lowest BCUT2D eigenvalue weighted by Gasteiger charge is -2.22. The molecule has 0 saturated carbocycles. The maximum Gasteiger partial charge on any atom is 0.0795 e. The molecule has 2 aromatic rings. The summed E-state index contributed by atoms with van der Waals surface area (Å²) in [6.45, 7) is 2.86. The Morgan fingerprint density at radius 3 is 2.88 bits per heavy atom. The Kier molecular flexibility index (Phi) is 3.10. The minimum atomic E-state index is 0.790. The van der Waals surface area contributed by atoms with Gasteiger partial charge in [0.15, 0.2) is 0 Å². The van der Waals surface area contributed by atoms with Crippen molar-refractivity contribution < 1.29 is 0 Å². The highest BCUT2D eigenvalue weighted by Crippen LogP contribution is 2.27. The largest absolute Gasteiger partial charge is 0.397 e. The van der Waals surface area contributed by atoms with Gasteiger partial charge in [0.1, 0.15) is 0 Å². The number of aromatic nitrogens is 1. The molecular formula is C12H15N3S. The van der Waals surface area contributed by atoms with Gasteiger partial charge < -0.3 is 10.6 Å². The monoisotopic (exact) mass is 233 g/mol. The molecule has 1 aromatic carbocycles. The van der Waals surface area contributed by atoms with Crippen LogP contribution in [0.4, 0.5) is 11.4 Å². The molecule has 2 rings (SSSR count). The van der Waals surface area contributed by atoms with Crippen LogP contribution in [0.3, 0.4) is 0 Å². The van der Waals surface area contributed by atoms with Gasteiger partial charge in [-0.3, -0.25) is 0 Å². The second kappa shape index (κ2) is 4.53. The molecule has 0 fully saturated rings. The summed E-state index contributed by atoms with van der Waals surface area (Å²) >= 11 is 1.62. The Labute approximate surface area is 99.5 Å². The molecule has 0 aliphatic carbocycles. The smallest absolute Gasteiger partial charge is 0.0795 e. The number of thiazole rings is 1. The molecule has 1 aromatic heterocycles. The molecule has 84 valence electrons. The van der Waals surface area contributed by atoms with Crippen molar-refractivity contribution in [3.8, 4) is 0 Å². The van der Waals surface area contributed by atoms with Gasteiger partial charge in [-0.05, 0) is 18.6 Å². The van der Waals surface area contributed by atoms with Gasteiger partial charge in [-0.1, -0.05) is 12.1 Å². The quantitative estimate of drug-likeness (QED) is 0.829. The highest BCUT2D eigenvalue weighted by atomic mass is 32.1. The molecule has 3 nitrogen and oxygen atoms in total. The molecule has 0 spiro atoms. The summed E-state index contributed by atoms with van der Waals surface area (Å²) in [4.78, 5) is 6.42. The Bertz CT molecular complexity index is 445. The fourth-order valence-corrected chi connectivity index (χ4v) is 2.39. The Hall–Kier alpha value is -1.55. The van der Waals surface area contributed by atoms with E-state index in [0.29, 0.717) is 0 Å². The van der Waals surface area contributed by atoms with Crippen LogP contribution in [0.5, 0.6) is 0 Å². The molecule has 0 amide bonds. The summed E-state index contributed by atoms with van der Waals surface area (Å²) in [6, 6.07) is 5.98. The summed E-state index contributed by atoms with van der Waals surface area (Å²) in [5, 5.41) is 2.06. The number of aryl methyl sites for hydroxylation is 1. The number of hydrogen-bond donors (Lipinski definition) is 1. The molecule has 0 radical (unpaired) electrons. The van der Waals surface area contributed by atoms with Crippen LogP contribution in [0.1, 0.15) is 11.3 Å². The number of para-hydroxylation sites is 1. The predicted molar refractivity (Wildman–Crippen MR) is 69.8 cm³/mol. The minimum absolute atomic E-state index is 0.790. The summed E-state index contributed by atoms with van der Waals surface area (Å²) in [6.07, 6.45) is 0.